The van der Waals surface area contributed by atoms with Crippen molar-refractivity contribution in [3.05, 3.63) is 34.7 Å². The first-order valence-electron chi connectivity index (χ1n) is 5.98. The lowest BCUT2D eigenvalue weighted by atomic mass is 10.1. The zero-order valence-electron chi connectivity index (χ0n) is 10.4. The summed E-state index contributed by atoms with van der Waals surface area (Å²) in [5.74, 6) is -0.156. The minimum atomic E-state index is -0.128. The second kappa shape index (κ2) is 4.59. The predicted molar refractivity (Wildman–Crippen MR) is 74.3 cm³/mol. The monoisotopic (exact) mass is 272 g/mol. The Morgan fingerprint density at radius 2 is 2.16 bits per heavy atom. The van der Waals surface area contributed by atoms with E-state index in [9.17, 15) is 9.59 Å². The molecule has 1 aromatic heterocycles. The highest BCUT2D eigenvalue weighted by molar-refractivity contribution is 7.09. The number of amides is 1. The van der Waals surface area contributed by atoms with E-state index in [-0.39, 0.29) is 24.7 Å². The highest BCUT2D eigenvalue weighted by Crippen LogP contribution is 2.27. The van der Waals surface area contributed by atoms with E-state index in [4.69, 9.17) is 0 Å². The topological polar surface area (TPSA) is 50.3 Å². The van der Waals surface area contributed by atoms with Crippen LogP contribution in [0.3, 0.4) is 0 Å². The van der Waals surface area contributed by atoms with Crippen molar-refractivity contribution in [1.82, 2.24) is 4.98 Å². The zero-order valence-corrected chi connectivity index (χ0v) is 11.2. The van der Waals surface area contributed by atoms with Gasteiger partial charge in [0.25, 0.3) is 0 Å². The van der Waals surface area contributed by atoms with E-state index in [1.807, 2.05) is 36.6 Å². The largest absolute Gasteiger partial charge is 0.305 e. The molecule has 4 nitrogen and oxygen atoms in total. The fourth-order valence-electron chi connectivity index (χ4n) is 2.15. The van der Waals surface area contributed by atoms with E-state index in [0.29, 0.717) is 0 Å². The maximum Gasteiger partial charge on any atom is 0.234 e. The van der Waals surface area contributed by atoms with Crippen LogP contribution in [0.4, 0.5) is 5.69 Å². The van der Waals surface area contributed by atoms with Gasteiger partial charge in [0.2, 0.25) is 5.91 Å². The molecule has 1 aliphatic heterocycles. The van der Waals surface area contributed by atoms with E-state index < -0.39 is 0 Å². The maximum atomic E-state index is 11.7. The van der Waals surface area contributed by atoms with Crippen LogP contribution in [0.25, 0.3) is 11.3 Å². The van der Waals surface area contributed by atoms with Crippen molar-refractivity contribution < 1.29 is 9.59 Å². The summed E-state index contributed by atoms with van der Waals surface area (Å²) < 4.78 is 0. The van der Waals surface area contributed by atoms with Gasteiger partial charge in [0.15, 0.2) is 5.78 Å². The summed E-state index contributed by atoms with van der Waals surface area (Å²) in [6.07, 6.45) is 0.0139. The lowest BCUT2D eigenvalue weighted by molar-refractivity contribution is -0.121. The SMILES string of the molecule is Cc1nc(-c2cccc(N3CC(=O)CC3=O)c2)cs1. The van der Waals surface area contributed by atoms with Gasteiger partial charge < -0.3 is 4.90 Å². The van der Waals surface area contributed by atoms with Gasteiger partial charge >= 0.3 is 0 Å². The Balaban J connectivity index is 1.96. The lowest BCUT2D eigenvalue weighted by Crippen LogP contribution is -2.24. The van der Waals surface area contributed by atoms with Gasteiger partial charge in [0.1, 0.15) is 0 Å². The highest BCUT2D eigenvalue weighted by Gasteiger charge is 2.28. The van der Waals surface area contributed by atoms with Crippen LogP contribution in [-0.2, 0) is 9.59 Å². The van der Waals surface area contributed by atoms with Gasteiger partial charge in [0, 0.05) is 16.6 Å². The van der Waals surface area contributed by atoms with Crippen LogP contribution in [0.2, 0.25) is 0 Å². The number of carbonyl (C=O) groups is 2. The van der Waals surface area contributed by atoms with E-state index in [2.05, 4.69) is 4.98 Å². The van der Waals surface area contributed by atoms with E-state index >= 15 is 0 Å². The van der Waals surface area contributed by atoms with Gasteiger partial charge in [-0.05, 0) is 19.1 Å². The molecule has 0 bridgehead atoms. The maximum absolute atomic E-state index is 11.7. The first-order valence-corrected chi connectivity index (χ1v) is 6.86. The van der Waals surface area contributed by atoms with Crippen molar-refractivity contribution in [2.24, 2.45) is 0 Å². The molecule has 3 rings (SSSR count). The average molecular weight is 272 g/mol. The number of nitrogens with zero attached hydrogens (tertiary/aromatic N) is 2. The minimum absolute atomic E-state index is 0.0139. The predicted octanol–water partition coefficient (Wildman–Crippen LogP) is 2.42. The average Bonchev–Trinajstić information content (AvgIpc) is 2.96. The number of anilines is 1. The summed E-state index contributed by atoms with van der Waals surface area (Å²) >= 11 is 1.59. The van der Waals surface area contributed by atoms with E-state index in [1.54, 1.807) is 11.3 Å². The number of hydrogen-bond acceptors (Lipinski definition) is 4. The van der Waals surface area contributed by atoms with Crippen LogP contribution in [-0.4, -0.2) is 23.2 Å². The molecule has 96 valence electrons. The molecule has 1 aliphatic rings. The summed E-state index contributed by atoms with van der Waals surface area (Å²) in [5, 5.41) is 3.00. The molecule has 19 heavy (non-hydrogen) atoms. The number of hydrogen-bond donors (Lipinski definition) is 0. The molecular formula is C14H12N2O2S. The summed E-state index contributed by atoms with van der Waals surface area (Å²) in [5.41, 5.74) is 2.63. The first kappa shape index (κ1) is 12.0. The summed E-state index contributed by atoms with van der Waals surface area (Å²) in [4.78, 5) is 29.0. The molecular weight excluding hydrogens is 260 g/mol. The third-order valence-electron chi connectivity index (χ3n) is 3.06. The molecule has 0 radical (unpaired) electrons. The Morgan fingerprint density at radius 3 is 2.79 bits per heavy atom. The first-order chi connectivity index (χ1) is 9.13. The van der Waals surface area contributed by atoms with Gasteiger partial charge in [0.05, 0.1) is 23.7 Å². The molecule has 2 aromatic rings. The second-order valence-corrected chi connectivity index (χ2v) is 5.56. The standard InChI is InChI=1S/C14H12N2O2S/c1-9-15-13(8-19-9)10-3-2-4-11(5-10)16-7-12(17)6-14(16)18/h2-5,8H,6-7H2,1H3. The zero-order chi connectivity index (χ0) is 13.4. The van der Waals surface area contributed by atoms with Crippen molar-refractivity contribution in [3.8, 4) is 11.3 Å². The van der Waals surface area contributed by atoms with Gasteiger partial charge in [-0.1, -0.05) is 12.1 Å². The molecule has 5 heteroatoms. The molecule has 0 aliphatic carbocycles. The smallest absolute Gasteiger partial charge is 0.234 e. The molecule has 0 unspecified atom stereocenters. The normalized spacial score (nSPS) is 15.3. The molecule has 0 spiro atoms. The van der Waals surface area contributed by atoms with Crippen LogP contribution in [0.15, 0.2) is 29.6 Å². The number of thiazole rings is 1. The Kier molecular flexibility index (Phi) is 2.91. The van der Waals surface area contributed by atoms with Crippen molar-refractivity contribution in [1.29, 1.82) is 0 Å². The molecule has 1 saturated heterocycles. The number of benzene rings is 1. The molecule has 2 heterocycles. The van der Waals surface area contributed by atoms with Crippen molar-refractivity contribution in [2.75, 3.05) is 11.4 Å². The molecule has 1 aromatic carbocycles. The van der Waals surface area contributed by atoms with Crippen LogP contribution < -0.4 is 4.90 Å². The third-order valence-corrected chi connectivity index (χ3v) is 3.83. The Hall–Kier alpha value is -2.01. The summed E-state index contributed by atoms with van der Waals surface area (Å²) in [7, 11) is 0. The van der Waals surface area contributed by atoms with Gasteiger partial charge in [-0.2, -0.15) is 0 Å². The molecule has 0 atom stereocenters. The quantitative estimate of drug-likeness (QED) is 0.789. The number of Topliss-reactive ketones (excluding diaryl/α,β-unsaturated/α-hetero) is 1. The van der Waals surface area contributed by atoms with Crippen LogP contribution in [0.1, 0.15) is 11.4 Å². The summed E-state index contributed by atoms with van der Waals surface area (Å²) in [6.45, 7) is 2.14. The van der Waals surface area contributed by atoms with Crippen LogP contribution in [0, 0.1) is 6.92 Å². The molecule has 1 fully saturated rings. The third kappa shape index (κ3) is 2.29. The van der Waals surface area contributed by atoms with E-state index in [0.717, 1.165) is 22.0 Å². The second-order valence-electron chi connectivity index (χ2n) is 4.50. The van der Waals surface area contributed by atoms with Gasteiger partial charge in [-0.15, -0.1) is 11.3 Å². The van der Waals surface area contributed by atoms with Gasteiger partial charge in [-0.3, -0.25) is 9.59 Å². The Morgan fingerprint density at radius 1 is 1.32 bits per heavy atom. The molecule has 0 N–H and O–H groups in total. The van der Waals surface area contributed by atoms with Crippen LogP contribution in [0.5, 0.6) is 0 Å². The van der Waals surface area contributed by atoms with Crippen molar-refractivity contribution in [3.63, 3.8) is 0 Å². The van der Waals surface area contributed by atoms with Crippen molar-refractivity contribution >= 4 is 28.7 Å². The fourth-order valence-corrected chi connectivity index (χ4v) is 2.77. The van der Waals surface area contributed by atoms with Gasteiger partial charge in [-0.25, -0.2) is 4.98 Å². The minimum Gasteiger partial charge on any atom is -0.305 e. The Bertz CT molecular complexity index is 663. The number of carbonyl (C=O) groups excluding carboxylic acids is 2. The molecule has 0 saturated carbocycles. The van der Waals surface area contributed by atoms with E-state index in [1.165, 1.54) is 4.90 Å². The highest BCUT2D eigenvalue weighted by atomic mass is 32.1. The Labute approximate surface area is 114 Å². The number of aromatic nitrogens is 1. The lowest BCUT2D eigenvalue weighted by Gasteiger charge is -2.15. The summed E-state index contributed by atoms with van der Waals surface area (Å²) in [6, 6.07) is 7.60. The fraction of sp³-hybridized carbons (Fsp3) is 0.214. The molecule has 1 amide bonds. The van der Waals surface area contributed by atoms with Crippen molar-refractivity contribution in [2.45, 2.75) is 13.3 Å². The number of rotatable bonds is 2. The van der Waals surface area contributed by atoms with Crippen LogP contribution >= 0.6 is 11.3 Å². The number of aryl methyl sites for hydroxylation is 1. The number of ketones is 1.